The number of nitrogens with one attached hydrogen (secondary N) is 1. The maximum atomic E-state index is 11.5. The van der Waals surface area contributed by atoms with Crippen molar-refractivity contribution in [2.45, 2.75) is 19.8 Å². The summed E-state index contributed by atoms with van der Waals surface area (Å²) >= 11 is 0. The van der Waals surface area contributed by atoms with E-state index >= 15 is 0 Å². The third kappa shape index (κ3) is 4.18. The van der Waals surface area contributed by atoms with Crippen LogP contribution in [-0.2, 0) is 14.3 Å². The normalized spacial score (nSPS) is 17.2. The molecule has 5 heteroatoms. The van der Waals surface area contributed by atoms with Crippen LogP contribution in [0.1, 0.15) is 19.8 Å². The lowest BCUT2D eigenvalue weighted by Gasteiger charge is -2.31. The Balaban J connectivity index is 2.23. The van der Waals surface area contributed by atoms with Crippen molar-refractivity contribution in [1.29, 1.82) is 0 Å². The Morgan fingerprint density at radius 3 is 2.50 bits per heavy atom. The summed E-state index contributed by atoms with van der Waals surface area (Å²) in [4.78, 5) is 24.1. The van der Waals surface area contributed by atoms with Crippen LogP contribution < -0.4 is 5.32 Å². The van der Waals surface area contributed by atoms with Crippen molar-refractivity contribution in [2.24, 2.45) is 5.92 Å². The van der Waals surface area contributed by atoms with Crippen LogP contribution in [0.4, 0.5) is 0 Å². The second-order valence-corrected chi connectivity index (χ2v) is 4.19. The summed E-state index contributed by atoms with van der Waals surface area (Å²) in [5, 5.41) is 2.82. The first-order chi connectivity index (χ1) is 7.63. The minimum Gasteiger partial charge on any atom is -0.375 e. The lowest BCUT2D eigenvalue weighted by molar-refractivity contribution is -0.136. The lowest BCUT2D eigenvalue weighted by Crippen LogP contribution is -2.42. The number of piperidine rings is 1. The zero-order chi connectivity index (χ0) is 12.0. The fourth-order valence-electron chi connectivity index (χ4n) is 1.89. The van der Waals surface area contributed by atoms with Crippen LogP contribution in [0.5, 0.6) is 0 Å². The Kier molecular flexibility index (Phi) is 5.25. The van der Waals surface area contributed by atoms with Crippen LogP contribution in [0, 0.1) is 5.92 Å². The topological polar surface area (TPSA) is 58.6 Å². The molecule has 0 spiro atoms. The number of carbonyl (C=O) groups excluding carboxylic acids is 2. The third-order valence-corrected chi connectivity index (χ3v) is 2.87. The van der Waals surface area contributed by atoms with Gasteiger partial charge in [-0.3, -0.25) is 9.59 Å². The third-order valence-electron chi connectivity index (χ3n) is 2.87. The Morgan fingerprint density at radius 2 is 2.00 bits per heavy atom. The van der Waals surface area contributed by atoms with Gasteiger partial charge < -0.3 is 15.0 Å². The lowest BCUT2D eigenvalue weighted by atomic mass is 9.97. The molecule has 0 radical (unpaired) electrons. The molecule has 1 saturated heterocycles. The van der Waals surface area contributed by atoms with Gasteiger partial charge in [-0.2, -0.15) is 0 Å². The highest BCUT2D eigenvalue weighted by molar-refractivity contribution is 5.77. The summed E-state index contributed by atoms with van der Waals surface area (Å²) in [5.74, 6) is 0.564. The molecule has 1 rings (SSSR count). The van der Waals surface area contributed by atoms with Gasteiger partial charge in [0, 0.05) is 33.7 Å². The summed E-state index contributed by atoms with van der Waals surface area (Å²) in [6, 6.07) is 0. The molecule has 2 amide bonds. The minimum absolute atomic E-state index is 0.0119. The van der Waals surface area contributed by atoms with E-state index in [1.165, 1.54) is 14.0 Å². The number of rotatable bonds is 4. The average molecular weight is 228 g/mol. The Bertz CT molecular complexity index is 248. The van der Waals surface area contributed by atoms with E-state index in [0.29, 0.717) is 5.92 Å². The van der Waals surface area contributed by atoms with Gasteiger partial charge in [0.15, 0.2) is 0 Å². The molecule has 0 aromatic heterocycles. The number of hydrogen-bond donors (Lipinski definition) is 1. The molecule has 0 aliphatic carbocycles. The molecule has 0 bridgehead atoms. The maximum Gasteiger partial charge on any atom is 0.248 e. The molecular weight excluding hydrogens is 208 g/mol. The van der Waals surface area contributed by atoms with E-state index < -0.39 is 0 Å². The van der Waals surface area contributed by atoms with Crippen molar-refractivity contribution >= 4 is 11.8 Å². The average Bonchev–Trinajstić information content (AvgIpc) is 2.27. The Labute approximate surface area is 96.1 Å². The largest absolute Gasteiger partial charge is 0.375 e. The van der Waals surface area contributed by atoms with Crippen LogP contribution in [0.25, 0.3) is 0 Å². The molecule has 1 fully saturated rings. The molecule has 0 aromatic rings. The molecular formula is C11H20N2O3. The van der Waals surface area contributed by atoms with Gasteiger partial charge >= 0.3 is 0 Å². The highest BCUT2D eigenvalue weighted by atomic mass is 16.5. The fraction of sp³-hybridized carbons (Fsp3) is 0.818. The number of amides is 2. The van der Waals surface area contributed by atoms with E-state index in [4.69, 9.17) is 4.74 Å². The van der Waals surface area contributed by atoms with Gasteiger partial charge in [0.2, 0.25) is 11.8 Å². The van der Waals surface area contributed by atoms with Gasteiger partial charge in [0.1, 0.15) is 6.61 Å². The molecule has 1 N–H and O–H groups in total. The smallest absolute Gasteiger partial charge is 0.248 e. The molecule has 0 atom stereocenters. The first kappa shape index (κ1) is 13.0. The van der Waals surface area contributed by atoms with E-state index in [-0.39, 0.29) is 18.4 Å². The highest BCUT2D eigenvalue weighted by Crippen LogP contribution is 2.16. The summed E-state index contributed by atoms with van der Waals surface area (Å²) in [5.41, 5.74) is 0. The molecule has 1 aliphatic heterocycles. The SMILES string of the molecule is COCC(=O)N1CCC(CNC(C)=O)CC1. The molecule has 0 aromatic carbocycles. The first-order valence-corrected chi connectivity index (χ1v) is 5.64. The van der Waals surface area contributed by atoms with E-state index in [1.54, 1.807) is 0 Å². The highest BCUT2D eigenvalue weighted by Gasteiger charge is 2.22. The van der Waals surface area contributed by atoms with Gasteiger partial charge in [0.25, 0.3) is 0 Å². The maximum absolute atomic E-state index is 11.5. The van der Waals surface area contributed by atoms with Crippen molar-refractivity contribution < 1.29 is 14.3 Å². The van der Waals surface area contributed by atoms with Gasteiger partial charge in [-0.05, 0) is 18.8 Å². The number of methoxy groups -OCH3 is 1. The van der Waals surface area contributed by atoms with Gasteiger partial charge in [0.05, 0.1) is 0 Å². The van der Waals surface area contributed by atoms with E-state index in [0.717, 1.165) is 32.5 Å². The summed E-state index contributed by atoms with van der Waals surface area (Å²) in [6.45, 7) is 3.95. The van der Waals surface area contributed by atoms with Crippen LogP contribution in [-0.4, -0.2) is 50.1 Å². The first-order valence-electron chi connectivity index (χ1n) is 5.64. The molecule has 5 nitrogen and oxygen atoms in total. The van der Waals surface area contributed by atoms with Crippen molar-refractivity contribution in [2.75, 3.05) is 33.4 Å². The number of hydrogen-bond acceptors (Lipinski definition) is 3. The number of ether oxygens (including phenoxy) is 1. The van der Waals surface area contributed by atoms with Crippen LogP contribution in [0.15, 0.2) is 0 Å². The van der Waals surface area contributed by atoms with E-state index in [1.807, 2.05) is 4.90 Å². The van der Waals surface area contributed by atoms with Crippen LogP contribution >= 0.6 is 0 Å². The summed E-state index contributed by atoms with van der Waals surface area (Å²) < 4.78 is 4.81. The zero-order valence-corrected chi connectivity index (χ0v) is 9.99. The molecule has 92 valence electrons. The molecule has 16 heavy (non-hydrogen) atoms. The second kappa shape index (κ2) is 6.48. The van der Waals surface area contributed by atoms with E-state index in [2.05, 4.69) is 5.32 Å². The van der Waals surface area contributed by atoms with Gasteiger partial charge in [-0.25, -0.2) is 0 Å². The predicted molar refractivity (Wildman–Crippen MR) is 59.9 cm³/mol. The Morgan fingerprint density at radius 1 is 1.38 bits per heavy atom. The van der Waals surface area contributed by atoms with Crippen molar-refractivity contribution in [3.8, 4) is 0 Å². The predicted octanol–water partition coefficient (Wildman–Crippen LogP) is 0.00750. The van der Waals surface area contributed by atoms with Gasteiger partial charge in [-0.1, -0.05) is 0 Å². The number of nitrogens with zero attached hydrogens (tertiary/aromatic N) is 1. The summed E-state index contributed by atoms with van der Waals surface area (Å²) in [6.07, 6.45) is 1.91. The fourth-order valence-corrected chi connectivity index (χ4v) is 1.89. The molecule has 0 saturated carbocycles. The zero-order valence-electron chi connectivity index (χ0n) is 9.99. The van der Waals surface area contributed by atoms with E-state index in [9.17, 15) is 9.59 Å². The monoisotopic (exact) mass is 228 g/mol. The van der Waals surface area contributed by atoms with Crippen molar-refractivity contribution in [1.82, 2.24) is 10.2 Å². The van der Waals surface area contributed by atoms with Gasteiger partial charge in [-0.15, -0.1) is 0 Å². The number of carbonyl (C=O) groups is 2. The second-order valence-electron chi connectivity index (χ2n) is 4.19. The molecule has 1 aliphatic rings. The molecule has 0 unspecified atom stereocenters. The minimum atomic E-state index is 0.0119. The van der Waals surface area contributed by atoms with Crippen molar-refractivity contribution in [3.63, 3.8) is 0 Å². The standard InChI is InChI=1S/C11H20N2O3/c1-9(14)12-7-10-3-5-13(6-4-10)11(15)8-16-2/h10H,3-8H2,1-2H3,(H,12,14). The van der Waals surface area contributed by atoms with Crippen LogP contribution in [0.2, 0.25) is 0 Å². The van der Waals surface area contributed by atoms with Crippen molar-refractivity contribution in [3.05, 3.63) is 0 Å². The summed E-state index contributed by atoms with van der Waals surface area (Å²) in [7, 11) is 1.53. The number of likely N-dealkylation sites (tertiary alicyclic amines) is 1. The Hall–Kier alpha value is -1.10. The quantitative estimate of drug-likeness (QED) is 0.737. The molecule has 1 heterocycles. The van der Waals surface area contributed by atoms with Crippen LogP contribution in [0.3, 0.4) is 0 Å².